The van der Waals surface area contributed by atoms with Crippen molar-refractivity contribution in [2.24, 2.45) is 0 Å². The van der Waals surface area contributed by atoms with E-state index in [1.807, 2.05) is 36.4 Å². The zero-order valence-corrected chi connectivity index (χ0v) is 24.0. The maximum Gasteiger partial charge on any atom is 0.122 e. The first-order valence-electron chi connectivity index (χ1n) is 14.6. The summed E-state index contributed by atoms with van der Waals surface area (Å²) < 4.78 is 23.6. The SMILES string of the molecule is Oc1ccc2cccnc2c1CN1CCOCCOCCN(Cc2c(O)ccc3cccnc23)CCOCCOCC1. The minimum atomic E-state index is 0.241. The molecule has 4 aromatic rings. The van der Waals surface area contributed by atoms with Crippen LogP contribution < -0.4 is 0 Å². The Morgan fingerprint density at radius 2 is 0.905 bits per heavy atom. The number of phenolic OH excluding ortho intramolecular Hbond substituents is 2. The van der Waals surface area contributed by atoms with Gasteiger partial charge >= 0.3 is 0 Å². The second-order valence-corrected chi connectivity index (χ2v) is 10.3. The molecule has 10 nitrogen and oxygen atoms in total. The van der Waals surface area contributed by atoms with E-state index in [4.69, 9.17) is 18.9 Å². The number of fused-ring (bicyclic) bond motifs is 2. The molecule has 2 aromatic heterocycles. The highest BCUT2D eigenvalue weighted by atomic mass is 16.5. The van der Waals surface area contributed by atoms with E-state index in [1.165, 1.54) is 0 Å². The van der Waals surface area contributed by atoms with Gasteiger partial charge in [-0.1, -0.05) is 12.1 Å². The normalized spacial score (nSPS) is 18.1. The van der Waals surface area contributed by atoms with Crippen molar-refractivity contribution in [3.8, 4) is 11.5 Å². The number of aromatic hydroxyl groups is 2. The second kappa shape index (κ2) is 15.7. The number of hydrogen-bond donors (Lipinski definition) is 2. The topological polar surface area (TPSA) is 110 Å². The number of nitrogens with zero attached hydrogens (tertiary/aromatic N) is 4. The highest BCUT2D eigenvalue weighted by molar-refractivity contribution is 5.84. The molecular weight excluding hydrogens is 536 g/mol. The number of pyridine rings is 2. The van der Waals surface area contributed by atoms with Crippen molar-refractivity contribution in [2.45, 2.75) is 13.1 Å². The Balaban J connectivity index is 1.16. The summed E-state index contributed by atoms with van der Waals surface area (Å²) in [4.78, 5) is 13.5. The molecule has 1 aliphatic heterocycles. The van der Waals surface area contributed by atoms with Crippen molar-refractivity contribution in [2.75, 3.05) is 79.0 Å². The van der Waals surface area contributed by atoms with Gasteiger partial charge < -0.3 is 29.2 Å². The molecule has 5 rings (SSSR count). The van der Waals surface area contributed by atoms with E-state index in [2.05, 4.69) is 19.8 Å². The van der Waals surface area contributed by atoms with E-state index in [1.54, 1.807) is 24.5 Å². The Morgan fingerprint density at radius 3 is 1.29 bits per heavy atom. The number of phenols is 2. The second-order valence-electron chi connectivity index (χ2n) is 10.3. The molecule has 0 spiro atoms. The average Bonchev–Trinajstić information content (AvgIpc) is 3.01. The van der Waals surface area contributed by atoms with Crippen LogP contribution in [-0.2, 0) is 32.0 Å². The van der Waals surface area contributed by atoms with Crippen LogP contribution in [0.5, 0.6) is 11.5 Å². The van der Waals surface area contributed by atoms with Crippen LogP contribution in [0.4, 0.5) is 0 Å². The number of hydrogen-bond acceptors (Lipinski definition) is 10. The molecule has 1 aliphatic rings. The lowest BCUT2D eigenvalue weighted by atomic mass is 10.1. The van der Waals surface area contributed by atoms with Crippen LogP contribution in [0.2, 0.25) is 0 Å². The van der Waals surface area contributed by atoms with E-state index in [-0.39, 0.29) is 11.5 Å². The fourth-order valence-corrected chi connectivity index (χ4v) is 5.11. The van der Waals surface area contributed by atoms with Gasteiger partial charge in [0.25, 0.3) is 0 Å². The van der Waals surface area contributed by atoms with Crippen LogP contribution in [0.15, 0.2) is 60.9 Å². The van der Waals surface area contributed by atoms with Gasteiger partial charge in [-0.25, -0.2) is 0 Å². The monoisotopic (exact) mass is 576 g/mol. The number of rotatable bonds is 4. The van der Waals surface area contributed by atoms with Crippen molar-refractivity contribution >= 4 is 21.8 Å². The van der Waals surface area contributed by atoms with Crippen molar-refractivity contribution < 1.29 is 29.2 Å². The van der Waals surface area contributed by atoms with Crippen LogP contribution in [0.3, 0.4) is 0 Å². The fourth-order valence-electron chi connectivity index (χ4n) is 5.11. The summed E-state index contributed by atoms with van der Waals surface area (Å²) in [7, 11) is 0. The van der Waals surface area contributed by atoms with Gasteiger partial charge in [-0.15, -0.1) is 0 Å². The molecule has 0 unspecified atom stereocenters. The first kappa shape index (κ1) is 30.1. The van der Waals surface area contributed by atoms with Gasteiger partial charge in [0.1, 0.15) is 11.5 Å². The summed E-state index contributed by atoms with van der Waals surface area (Å²) in [6.45, 7) is 7.88. The van der Waals surface area contributed by atoms with Crippen LogP contribution in [0.1, 0.15) is 11.1 Å². The van der Waals surface area contributed by atoms with Crippen molar-refractivity contribution in [1.82, 2.24) is 19.8 Å². The lowest BCUT2D eigenvalue weighted by Gasteiger charge is -2.24. The predicted octanol–water partition coefficient (Wildman–Crippen LogP) is 3.58. The van der Waals surface area contributed by atoms with Crippen LogP contribution >= 0.6 is 0 Å². The van der Waals surface area contributed by atoms with E-state index in [9.17, 15) is 10.2 Å². The van der Waals surface area contributed by atoms with Crippen LogP contribution in [0, 0.1) is 0 Å². The van der Waals surface area contributed by atoms with Gasteiger partial charge in [0, 0.05) is 73.6 Å². The summed E-state index contributed by atoms with van der Waals surface area (Å²) in [5.41, 5.74) is 3.22. The number of aromatic nitrogens is 2. The first-order chi connectivity index (χ1) is 20.7. The van der Waals surface area contributed by atoms with Gasteiger partial charge in [-0.3, -0.25) is 19.8 Å². The molecule has 0 saturated carbocycles. The van der Waals surface area contributed by atoms with Crippen LogP contribution in [-0.4, -0.2) is 109 Å². The standard InChI is InChI=1S/C32H40N4O6/c37-29-7-5-25-3-1-9-33-31(25)27(29)23-35-11-15-39-19-21-41-17-13-36(14-18-42-22-20-40-16-12-35)24-28-30(38)8-6-26-4-2-10-34-32(26)28/h1-10,37-38H,11-24H2. The van der Waals surface area contributed by atoms with Crippen molar-refractivity contribution in [1.29, 1.82) is 0 Å². The number of ether oxygens (including phenoxy) is 4. The Kier molecular flexibility index (Phi) is 11.3. The molecule has 1 saturated heterocycles. The zero-order chi connectivity index (χ0) is 29.0. The summed E-state index contributed by atoms with van der Waals surface area (Å²) >= 11 is 0. The molecule has 3 heterocycles. The van der Waals surface area contributed by atoms with E-state index in [0.29, 0.717) is 92.1 Å². The third kappa shape index (κ3) is 8.34. The maximum atomic E-state index is 10.6. The first-order valence-corrected chi connectivity index (χ1v) is 14.6. The molecule has 1 fully saturated rings. The van der Waals surface area contributed by atoms with Crippen molar-refractivity contribution in [3.63, 3.8) is 0 Å². The van der Waals surface area contributed by atoms with Gasteiger partial charge in [0.05, 0.1) is 63.9 Å². The molecule has 0 atom stereocenters. The predicted molar refractivity (Wildman–Crippen MR) is 161 cm³/mol. The molecule has 0 aliphatic carbocycles. The fraction of sp³-hybridized carbons (Fsp3) is 0.438. The third-order valence-corrected chi connectivity index (χ3v) is 7.42. The highest BCUT2D eigenvalue weighted by Crippen LogP contribution is 2.28. The quantitative estimate of drug-likeness (QED) is 0.374. The van der Waals surface area contributed by atoms with Gasteiger partial charge in [-0.2, -0.15) is 0 Å². The lowest BCUT2D eigenvalue weighted by Crippen LogP contribution is -2.33. The zero-order valence-electron chi connectivity index (χ0n) is 24.0. The maximum absolute atomic E-state index is 10.6. The molecule has 2 N–H and O–H groups in total. The molecule has 0 radical (unpaired) electrons. The minimum absolute atomic E-state index is 0.241. The van der Waals surface area contributed by atoms with Crippen LogP contribution in [0.25, 0.3) is 21.8 Å². The molecule has 0 amide bonds. The summed E-state index contributed by atoms with van der Waals surface area (Å²) in [5.74, 6) is 0.482. The summed E-state index contributed by atoms with van der Waals surface area (Å²) in [6, 6.07) is 15.0. The third-order valence-electron chi connectivity index (χ3n) is 7.42. The summed E-state index contributed by atoms with van der Waals surface area (Å²) in [5, 5.41) is 23.2. The molecule has 42 heavy (non-hydrogen) atoms. The van der Waals surface area contributed by atoms with E-state index in [0.717, 1.165) is 32.9 Å². The van der Waals surface area contributed by atoms with Gasteiger partial charge in [0.2, 0.25) is 0 Å². The largest absolute Gasteiger partial charge is 0.508 e. The summed E-state index contributed by atoms with van der Waals surface area (Å²) in [6.07, 6.45) is 3.50. The molecule has 10 heteroatoms. The number of benzene rings is 2. The highest BCUT2D eigenvalue weighted by Gasteiger charge is 2.15. The minimum Gasteiger partial charge on any atom is -0.508 e. The molecular formula is C32H40N4O6. The van der Waals surface area contributed by atoms with E-state index < -0.39 is 0 Å². The van der Waals surface area contributed by atoms with Gasteiger partial charge in [-0.05, 0) is 36.4 Å². The Morgan fingerprint density at radius 1 is 0.524 bits per heavy atom. The van der Waals surface area contributed by atoms with E-state index >= 15 is 0 Å². The smallest absolute Gasteiger partial charge is 0.122 e. The Hall–Kier alpha value is -3.38. The molecule has 0 bridgehead atoms. The lowest BCUT2D eigenvalue weighted by molar-refractivity contribution is 0.00619. The Bertz CT molecular complexity index is 1290. The Labute approximate surface area is 246 Å². The molecule has 2 aromatic carbocycles. The van der Waals surface area contributed by atoms with Crippen molar-refractivity contribution in [3.05, 3.63) is 72.1 Å². The average molecular weight is 577 g/mol. The molecule has 224 valence electrons. The van der Waals surface area contributed by atoms with Gasteiger partial charge in [0.15, 0.2) is 0 Å².